The van der Waals surface area contributed by atoms with Crippen LogP contribution in [0.15, 0.2) is 0 Å². The van der Waals surface area contributed by atoms with Gasteiger partial charge in [-0.05, 0) is 32.4 Å². The second kappa shape index (κ2) is 5.22. The lowest BCUT2D eigenvalue weighted by Crippen LogP contribution is -2.41. The van der Waals surface area contributed by atoms with Gasteiger partial charge in [0.25, 0.3) is 0 Å². The maximum absolute atomic E-state index is 11.0. The summed E-state index contributed by atoms with van der Waals surface area (Å²) < 4.78 is 0. The number of primary amides is 1. The van der Waals surface area contributed by atoms with E-state index in [0.717, 1.165) is 32.5 Å². The minimum absolute atomic E-state index is 0.102. The number of carbonyl (C=O) groups is 1. The Balaban J connectivity index is 2.29. The van der Waals surface area contributed by atoms with E-state index in [2.05, 4.69) is 11.8 Å². The summed E-state index contributed by atoms with van der Waals surface area (Å²) in [5.41, 5.74) is 5.29. The molecule has 1 aliphatic rings. The maximum atomic E-state index is 11.0. The van der Waals surface area contributed by atoms with E-state index in [4.69, 9.17) is 5.73 Å². The van der Waals surface area contributed by atoms with Crippen LogP contribution in [0.2, 0.25) is 0 Å². The Hall–Kier alpha value is -0.570. The third-order valence-electron chi connectivity index (χ3n) is 2.74. The molecule has 1 amide bonds. The van der Waals surface area contributed by atoms with Crippen LogP contribution in [0.3, 0.4) is 0 Å². The van der Waals surface area contributed by atoms with Crippen molar-refractivity contribution in [2.75, 3.05) is 19.6 Å². The Morgan fingerprint density at radius 2 is 2.38 bits per heavy atom. The maximum Gasteiger partial charge on any atom is 0.221 e. The molecule has 0 aromatic heterocycles. The number of hydrogen-bond acceptors (Lipinski definition) is 2. The summed E-state index contributed by atoms with van der Waals surface area (Å²) in [5.74, 6) is -0.0215. The predicted molar refractivity (Wildman–Crippen MR) is 53.3 cm³/mol. The van der Waals surface area contributed by atoms with Crippen molar-refractivity contribution in [1.29, 1.82) is 0 Å². The van der Waals surface area contributed by atoms with Crippen LogP contribution in [0.25, 0.3) is 0 Å². The normalized spacial score (nSPS) is 24.5. The van der Waals surface area contributed by atoms with Gasteiger partial charge in [-0.15, -0.1) is 0 Å². The Labute approximate surface area is 80.3 Å². The number of nitrogens with two attached hydrogens (primary N) is 1. The molecule has 1 fully saturated rings. The minimum Gasteiger partial charge on any atom is -0.369 e. The summed E-state index contributed by atoms with van der Waals surface area (Å²) >= 11 is 0. The van der Waals surface area contributed by atoms with E-state index < -0.39 is 0 Å². The van der Waals surface area contributed by atoms with Gasteiger partial charge in [-0.2, -0.15) is 0 Å². The van der Waals surface area contributed by atoms with E-state index in [1.807, 2.05) is 0 Å². The van der Waals surface area contributed by atoms with Crippen molar-refractivity contribution < 1.29 is 4.79 Å². The van der Waals surface area contributed by atoms with Gasteiger partial charge in [-0.1, -0.05) is 13.3 Å². The molecule has 0 aliphatic carbocycles. The molecule has 2 N–H and O–H groups in total. The monoisotopic (exact) mass is 184 g/mol. The Morgan fingerprint density at radius 1 is 1.62 bits per heavy atom. The van der Waals surface area contributed by atoms with E-state index in [-0.39, 0.29) is 11.8 Å². The number of carbonyl (C=O) groups excluding carboxylic acids is 1. The summed E-state index contributed by atoms with van der Waals surface area (Å²) in [6, 6.07) is 0. The number of likely N-dealkylation sites (tertiary alicyclic amines) is 1. The van der Waals surface area contributed by atoms with Gasteiger partial charge in [0.2, 0.25) is 5.91 Å². The number of rotatable bonds is 4. The van der Waals surface area contributed by atoms with Crippen LogP contribution in [-0.4, -0.2) is 30.4 Å². The molecule has 1 atom stereocenters. The molecule has 1 heterocycles. The van der Waals surface area contributed by atoms with Gasteiger partial charge in [-0.3, -0.25) is 4.79 Å². The van der Waals surface area contributed by atoms with Crippen molar-refractivity contribution in [3.05, 3.63) is 0 Å². The summed E-state index contributed by atoms with van der Waals surface area (Å²) in [4.78, 5) is 13.3. The van der Waals surface area contributed by atoms with Crippen molar-refractivity contribution in [2.24, 2.45) is 11.7 Å². The van der Waals surface area contributed by atoms with E-state index in [9.17, 15) is 4.79 Å². The predicted octanol–water partition coefficient (Wildman–Crippen LogP) is 0.984. The Kier molecular flexibility index (Phi) is 4.22. The second-order valence-corrected chi connectivity index (χ2v) is 3.90. The quantitative estimate of drug-likeness (QED) is 0.708. The molecule has 3 heteroatoms. The third-order valence-corrected chi connectivity index (χ3v) is 2.74. The molecule has 1 aliphatic heterocycles. The van der Waals surface area contributed by atoms with Gasteiger partial charge in [0, 0.05) is 6.54 Å². The summed E-state index contributed by atoms with van der Waals surface area (Å²) in [5, 5.41) is 0. The molecule has 0 bridgehead atoms. The van der Waals surface area contributed by atoms with Gasteiger partial charge in [0.15, 0.2) is 0 Å². The number of hydrogen-bond donors (Lipinski definition) is 1. The molecule has 0 unspecified atom stereocenters. The zero-order valence-corrected chi connectivity index (χ0v) is 8.46. The highest BCUT2D eigenvalue weighted by Gasteiger charge is 2.22. The molecule has 0 aromatic rings. The molecule has 76 valence electrons. The standard InChI is InChI=1S/C10H20N2O/c1-2-3-6-12-7-4-5-9(8-12)10(11)13/h9H,2-8H2,1H3,(H2,11,13)/t9-/m0/s1. The molecular weight excluding hydrogens is 164 g/mol. The summed E-state index contributed by atoms with van der Waals surface area (Å²) in [6.45, 7) is 5.34. The number of amides is 1. The molecule has 1 saturated heterocycles. The van der Waals surface area contributed by atoms with Crippen LogP contribution in [0.5, 0.6) is 0 Å². The molecule has 0 spiro atoms. The van der Waals surface area contributed by atoms with Gasteiger partial charge in [-0.25, -0.2) is 0 Å². The number of nitrogens with zero attached hydrogens (tertiary/aromatic N) is 1. The first-order valence-corrected chi connectivity index (χ1v) is 5.25. The van der Waals surface area contributed by atoms with Crippen LogP contribution < -0.4 is 5.73 Å². The lowest BCUT2D eigenvalue weighted by molar-refractivity contribution is -0.123. The molecule has 0 aromatic carbocycles. The van der Waals surface area contributed by atoms with Crippen LogP contribution >= 0.6 is 0 Å². The van der Waals surface area contributed by atoms with Crippen LogP contribution in [0, 0.1) is 5.92 Å². The van der Waals surface area contributed by atoms with Crippen LogP contribution in [0.4, 0.5) is 0 Å². The fourth-order valence-electron chi connectivity index (χ4n) is 1.87. The minimum atomic E-state index is -0.124. The van der Waals surface area contributed by atoms with E-state index in [0.29, 0.717) is 0 Å². The fourth-order valence-corrected chi connectivity index (χ4v) is 1.87. The zero-order chi connectivity index (χ0) is 9.68. The molecular formula is C10H20N2O. The average Bonchev–Trinajstić information content (AvgIpc) is 2.15. The number of unbranched alkanes of at least 4 members (excludes halogenated alkanes) is 1. The largest absolute Gasteiger partial charge is 0.369 e. The lowest BCUT2D eigenvalue weighted by atomic mass is 9.97. The first-order chi connectivity index (χ1) is 6.24. The van der Waals surface area contributed by atoms with Crippen LogP contribution in [0.1, 0.15) is 32.6 Å². The summed E-state index contributed by atoms with van der Waals surface area (Å²) in [6.07, 6.45) is 4.55. The van der Waals surface area contributed by atoms with Crippen molar-refractivity contribution in [1.82, 2.24) is 4.90 Å². The SMILES string of the molecule is CCCCN1CCC[C@H](C(N)=O)C1. The lowest BCUT2D eigenvalue weighted by Gasteiger charge is -2.30. The van der Waals surface area contributed by atoms with Gasteiger partial charge >= 0.3 is 0 Å². The first-order valence-electron chi connectivity index (χ1n) is 5.25. The highest BCUT2D eigenvalue weighted by molar-refractivity contribution is 5.76. The molecule has 1 rings (SSSR count). The molecule has 0 radical (unpaired) electrons. The van der Waals surface area contributed by atoms with Gasteiger partial charge in [0.05, 0.1) is 5.92 Å². The zero-order valence-electron chi connectivity index (χ0n) is 8.46. The van der Waals surface area contributed by atoms with Crippen molar-refractivity contribution in [2.45, 2.75) is 32.6 Å². The highest BCUT2D eigenvalue weighted by Crippen LogP contribution is 2.16. The fraction of sp³-hybridized carbons (Fsp3) is 0.900. The average molecular weight is 184 g/mol. The topological polar surface area (TPSA) is 46.3 Å². The molecule has 13 heavy (non-hydrogen) atoms. The summed E-state index contributed by atoms with van der Waals surface area (Å²) in [7, 11) is 0. The second-order valence-electron chi connectivity index (χ2n) is 3.90. The highest BCUT2D eigenvalue weighted by atomic mass is 16.1. The van der Waals surface area contributed by atoms with E-state index in [1.165, 1.54) is 12.8 Å². The van der Waals surface area contributed by atoms with Crippen molar-refractivity contribution in [3.63, 3.8) is 0 Å². The van der Waals surface area contributed by atoms with Gasteiger partial charge in [0.1, 0.15) is 0 Å². The Bertz CT molecular complexity index is 170. The van der Waals surface area contributed by atoms with Crippen LogP contribution in [-0.2, 0) is 4.79 Å². The Morgan fingerprint density at radius 3 is 3.00 bits per heavy atom. The number of piperidine rings is 1. The van der Waals surface area contributed by atoms with Gasteiger partial charge < -0.3 is 10.6 Å². The smallest absolute Gasteiger partial charge is 0.221 e. The van der Waals surface area contributed by atoms with Crippen molar-refractivity contribution in [3.8, 4) is 0 Å². The third kappa shape index (κ3) is 3.35. The molecule has 3 nitrogen and oxygen atoms in total. The van der Waals surface area contributed by atoms with E-state index >= 15 is 0 Å². The van der Waals surface area contributed by atoms with E-state index in [1.54, 1.807) is 0 Å². The van der Waals surface area contributed by atoms with Crippen molar-refractivity contribution >= 4 is 5.91 Å². The first kappa shape index (κ1) is 10.5. The molecule has 0 saturated carbocycles.